The highest BCUT2D eigenvalue weighted by Crippen LogP contribution is 2.27. The Balaban J connectivity index is 0.00000147. The summed E-state index contributed by atoms with van der Waals surface area (Å²) in [7, 11) is -3.48. The molecule has 2 aliphatic rings. The lowest BCUT2D eigenvalue weighted by molar-refractivity contribution is 0.345. The molecule has 20 heavy (non-hydrogen) atoms. The van der Waals surface area contributed by atoms with Gasteiger partial charge in [0, 0.05) is 30.9 Å². The summed E-state index contributed by atoms with van der Waals surface area (Å²) < 4.78 is 29.1. The second-order valence-corrected chi connectivity index (χ2v) is 7.13. The van der Waals surface area contributed by atoms with Crippen molar-refractivity contribution < 1.29 is 8.42 Å². The Bertz CT molecular complexity index is 548. The Morgan fingerprint density at radius 2 is 2.05 bits per heavy atom. The van der Waals surface area contributed by atoms with Gasteiger partial charge in [-0.2, -0.15) is 0 Å². The number of aromatic nitrogens is 2. The normalized spacial score (nSPS) is 29.1. The van der Waals surface area contributed by atoms with Crippen molar-refractivity contribution in [3.63, 3.8) is 0 Å². The fourth-order valence-corrected chi connectivity index (χ4v) is 4.30. The number of rotatable bonds is 4. The van der Waals surface area contributed by atoms with E-state index in [0.29, 0.717) is 12.1 Å². The number of halogens is 1. The van der Waals surface area contributed by atoms with Gasteiger partial charge in [-0.15, -0.1) is 12.4 Å². The number of sulfonamides is 1. The van der Waals surface area contributed by atoms with E-state index in [-0.39, 0.29) is 23.5 Å². The van der Waals surface area contributed by atoms with Crippen LogP contribution in [0.2, 0.25) is 0 Å². The van der Waals surface area contributed by atoms with Crippen LogP contribution in [0.5, 0.6) is 0 Å². The third-order valence-corrected chi connectivity index (χ3v) is 5.45. The topological polar surface area (TPSA) is 76.0 Å². The molecule has 2 bridgehead atoms. The first-order valence-corrected chi connectivity index (χ1v) is 8.35. The zero-order chi connectivity index (χ0) is 13.5. The van der Waals surface area contributed by atoms with E-state index >= 15 is 0 Å². The van der Waals surface area contributed by atoms with Crippen molar-refractivity contribution in [1.29, 1.82) is 0 Å². The van der Waals surface area contributed by atoms with Crippen molar-refractivity contribution in [3.05, 3.63) is 12.5 Å². The predicted molar refractivity (Wildman–Crippen MR) is 78.4 cm³/mol. The molecule has 1 aromatic rings. The Labute approximate surface area is 125 Å². The average molecular weight is 321 g/mol. The summed E-state index contributed by atoms with van der Waals surface area (Å²) >= 11 is 0. The van der Waals surface area contributed by atoms with Crippen LogP contribution in [-0.4, -0.2) is 36.1 Å². The lowest BCUT2D eigenvalue weighted by Gasteiger charge is -2.29. The van der Waals surface area contributed by atoms with Crippen LogP contribution >= 0.6 is 12.4 Å². The lowest BCUT2D eigenvalue weighted by atomic mass is 10.0. The summed E-state index contributed by atoms with van der Waals surface area (Å²) in [4.78, 5) is 3.97. The van der Waals surface area contributed by atoms with Gasteiger partial charge >= 0.3 is 0 Å². The number of fused-ring (bicyclic) bond motifs is 2. The molecule has 2 saturated heterocycles. The maximum atomic E-state index is 12.3. The van der Waals surface area contributed by atoms with Gasteiger partial charge in [-0.25, -0.2) is 18.1 Å². The van der Waals surface area contributed by atoms with E-state index in [1.54, 1.807) is 17.1 Å². The minimum absolute atomic E-state index is 0. The molecule has 3 rings (SSSR count). The largest absolute Gasteiger partial charge is 0.336 e. The number of aryl methyl sites for hydroxylation is 1. The molecule has 0 saturated carbocycles. The maximum Gasteiger partial charge on any atom is 0.259 e. The average Bonchev–Trinajstić information content (AvgIpc) is 2.96. The first kappa shape index (κ1) is 15.8. The summed E-state index contributed by atoms with van der Waals surface area (Å²) in [5.41, 5.74) is 0. The van der Waals surface area contributed by atoms with Crippen molar-refractivity contribution in [2.75, 3.05) is 0 Å². The van der Waals surface area contributed by atoms with Crippen molar-refractivity contribution in [1.82, 2.24) is 19.6 Å². The number of imidazole rings is 1. The number of hydrogen-bond acceptors (Lipinski definition) is 4. The van der Waals surface area contributed by atoms with Gasteiger partial charge in [0.2, 0.25) is 0 Å². The van der Waals surface area contributed by atoms with Crippen LogP contribution < -0.4 is 10.0 Å². The highest BCUT2D eigenvalue weighted by Gasteiger charge is 2.35. The fraction of sp³-hybridized carbons (Fsp3) is 0.750. The van der Waals surface area contributed by atoms with Crippen molar-refractivity contribution >= 4 is 22.4 Å². The molecule has 2 aliphatic heterocycles. The summed E-state index contributed by atoms with van der Waals surface area (Å²) in [6.45, 7) is 2.68. The zero-order valence-electron chi connectivity index (χ0n) is 11.4. The molecule has 6 nitrogen and oxygen atoms in total. The van der Waals surface area contributed by atoms with Crippen molar-refractivity contribution in [2.45, 2.75) is 62.3 Å². The fourth-order valence-electron chi connectivity index (χ4n) is 3.08. The quantitative estimate of drug-likeness (QED) is 0.863. The Morgan fingerprint density at radius 1 is 1.40 bits per heavy atom. The van der Waals surface area contributed by atoms with Crippen molar-refractivity contribution in [3.8, 4) is 0 Å². The highest BCUT2D eigenvalue weighted by molar-refractivity contribution is 7.89. The van der Waals surface area contributed by atoms with Gasteiger partial charge in [-0.1, -0.05) is 0 Å². The van der Waals surface area contributed by atoms with Crippen LogP contribution in [0, 0.1) is 0 Å². The summed E-state index contributed by atoms with van der Waals surface area (Å²) in [5.74, 6) is 0. The first-order valence-electron chi connectivity index (χ1n) is 6.87. The molecule has 3 heterocycles. The number of nitrogens with one attached hydrogen (secondary N) is 2. The molecular formula is C12H21ClN4O2S. The Hall–Kier alpha value is -0.630. The van der Waals surface area contributed by atoms with Gasteiger partial charge in [0.25, 0.3) is 10.0 Å². The van der Waals surface area contributed by atoms with Crippen molar-refractivity contribution in [2.24, 2.45) is 0 Å². The smallest absolute Gasteiger partial charge is 0.259 e. The molecule has 1 aromatic heterocycles. The van der Waals surface area contributed by atoms with Gasteiger partial charge in [0.15, 0.2) is 5.03 Å². The van der Waals surface area contributed by atoms with E-state index in [1.165, 1.54) is 0 Å². The molecule has 2 fully saturated rings. The lowest BCUT2D eigenvalue weighted by Crippen LogP contribution is -2.47. The molecule has 0 radical (unpaired) electrons. The van der Waals surface area contributed by atoms with Crippen LogP contribution in [0.4, 0.5) is 0 Å². The van der Waals surface area contributed by atoms with E-state index in [4.69, 9.17) is 0 Å². The monoisotopic (exact) mass is 320 g/mol. The third kappa shape index (κ3) is 3.16. The summed E-state index contributed by atoms with van der Waals surface area (Å²) in [6.07, 6.45) is 7.22. The van der Waals surface area contributed by atoms with Gasteiger partial charge in [0.05, 0.1) is 6.33 Å². The Kier molecular flexibility index (Phi) is 4.73. The molecular weight excluding hydrogens is 300 g/mol. The standard InChI is InChI=1S/C12H20N4O2S.ClH/c1-2-16-7-12(13-8-16)19(17,18)15-11-5-9-3-4-10(6-11)14-9;/h7-11,14-15H,2-6H2,1H3;1H. The minimum Gasteiger partial charge on any atom is -0.336 e. The maximum absolute atomic E-state index is 12.3. The molecule has 2 atom stereocenters. The summed E-state index contributed by atoms with van der Waals surface area (Å²) in [6, 6.07) is 0.981. The van der Waals surface area contributed by atoms with E-state index in [9.17, 15) is 8.42 Å². The SMILES string of the molecule is CCn1cnc(S(=O)(=O)NC2CC3CCC(C2)N3)c1.Cl. The molecule has 8 heteroatoms. The molecule has 0 aliphatic carbocycles. The number of piperidine rings is 1. The van der Waals surface area contributed by atoms with Crippen LogP contribution in [0.1, 0.15) is 32.6 Å². The van der Waals surface area contributed by atoms with Gasteiger partial charge in [0.1, 0.15) is 0 Å². The molecule has 0 amide bonds. The van der Waals surface area contributed by atoms with Crippen LogP contribution in [0.15, 0.2) is 17.6 Å². The van der Waals surface area contributed by atoms with E-state index in [0.717, 1.165) is 32.2 Å². The van der Waals surface area contributed by atoms with Gasteiger partial charge in [-0.3, -0.25) is 0 Å². The number of nitrogens with zero attached hydrogens (tertiary/aromatic N) is 2. The van der Waals surface area contributed by atoms with Gasteiger partial charge in [-0.05, 0) is 32.6 Å². The second kappa shape index (κ2) is 6.01. The highest BCUT2D eigenvalue weighted by atomic mass is 35.5. The van der Waals surface area contributed by atoms with E-state index in [1.807, 2.05) is 6.92 Å². The molecule has 114 valence electrons. The van der Waals surface area contributed by atoms with Gasteiger partial charge < -0.3 is 9.88 Å². The molecule has 2 unspecified atom stereocenters. The van der Waals surface area contributed by atoms with Crippen LogP contribution in [0.3, 0.4) is 0 Å². The molecule has 0 aromatic carbocycles. The zero-order valence-corrected chi connectivity index (χ0v) is 13.1. The second-order valence-electron chi connectivity index (χ2n) is 5.47. The third-order valence-electron chi connectivity index (χ3n) is 4.04. The Morgan fingerprint density at radius 3 is 2.60 bits per heavy atom. The minimum atomic E-state index is -3.48. The van der Waals surface area contributed by atoms with E-state index in [2.05, 4.69) is 15.0 Å². The first-order chi connectivity index (χ1) is 9.06. The van der Waals surface area contributed by atoms with E-state index < -0.39 is 10.0 Å². The van der Waals surface area contributed by atoms with Crippen LogP contribution in [0.25, 0.3) is 0 Å². The summed E-state index contributed by atoms with van der Waals surface area (Å²) in [5, 5.41) is 3.63. The predicted octanol–water partition coefficient (Wildman–Crippen LogP) is 0.886. The van der Waals surface area contributed by atoms with Crippen LogP contribution in [-0.2, 0) is 16.6 Å². The molecule has 0 spiro atoms. The number of hydrogen-bond donors (Lipinski definition) is 2. The molecule has 2 N–H and O–H groups in total.